The van der Waals surface area contributed by atoms with Gasteiger partial charge in [-0.05, 0) is 31.9 Å². The van der Waals surface area contributed by atoms with E-state index >= 15 is 0 Å². The Morgan fingerprint density at radius 3 is 2.82 bits per heavy atom. The molecule has 0 atom stereocenters. The van der Waals surface area contributed by atoms with E-state index in [2.05, 4.69) is 20.5 Å². The van der Waals surface area contributed by atoms with Crippen molar-refractivity contribution >= 4 is 5.91 Å². The first-order chi connectivity index (χ1) is 10.7. The van der Waals surface area contributed by atoms with Crippen molar-refractivity contribution in [2.24, 2.45) is 5.92 Å². The molecule has 0 spiro atoms. The van der Waals surface area contributed by atoms with Crippen LogP contribution in [0.3, 0.4) is 0 Å². The molecule has 2 aromatic heterocycles. The van der Waals surface area contributed by atoms with E-state index < -0.39 is 0 Å². The van der Waals surface area contributed by atoms with E-state index in [0.717, 1.165) is 36.9 Å². The van der Waals surface area contributed by atoms with Crippen molar-refractivity contribution in [3.8, 4) is 11.5 Å². The predicted octanol–water partition coefficient (Wildman–Crippen LogP) is 2.64. The molecule has 1 aliphatic carbocycles. The third-order valence-corrected chi connectivity index (χ3v) is 4.01. The highest BCUT2D eigenvalue weighted by atomic mass is 16.4. The summed E-state index contributed by atoms with van der Waals surface area (Å²) in [5.41, 5.74) is 1.71. The lowest BCUT2D eigenvalue weighted by atomic mass is 9.89. The fourth-order valence-corrected chi connectivity index (χ4v) is 2.71. The molecule has 2 heterocycles. The minimum absolute atomic E-state index is 0.0939. The number of hydrogen-bond acceptors (Lipinski definition) is 5. The molecular formula is C16H20N4O2. The molecule has 1 amide bonds. The van der Waals surface area contributed by atoms with Gasteiger partial charge in [0, 0.05) is 17.8 Å². The highest BCUT2D eigenvalue weighted by Crippen LogP contribution is 2.23. The summed E-state index contributed by atoms with van der Waals surface area (Å²) < 4.78 is 5.57. The molecule has 1 fully saturated rings. The summed E-state index contributed by atoms with van der Waals surface area (Å²) in [5, 5.41) is 10.9. The van der Waals surface area contributed by atoms with Crippen molar-refractivity contribution in [1.82, 2.24) is 20.5 Å². The van der Waals surface area contributed by atoms with Gasteiger partial charge in [0.2, 0.25) is 17.7 Å². The highest BCUT2D eigenvalue weighted by molar-refractivity contribution is 5.78. The fraction of sp³-hybridized carbons (Fsp3) is 0.500. The van der Waals surface area contributed by atoms with Gasteiger partial charge in [-0.15, -0.1) is 10.2 Å². The van der Waals surface area contributed by atoms with Crippen LogP contribution in [0, 0.1) is 12.8 Å². The second-order valence-corrected chi connectivity index (χ2v) is 5.74. The van der Waals surface area contributed by atoms with Crippen LogP contribution >= 0.6 is 0 Å². The number of rotatable bonds is 4. The van der Waals surface area contributed by atoms with Crippen LogP contribution in [-0.4, -0.2) is 21.1 Å². The molecule has 0 radical (unpaired) electrons. The van der Waals surface area contributed by atoms with Gasteiger partial charge in [-0.2, -0.15) is 0 Å². The van der Waals surface area contributed by atoms with Crippen LogP contribution in [0.1, 0.15) is 43.7 Å². The minimum atomic E-state index is 0.0939. The third-order valence-electron chi connectivity index (χ3n) is 4.01. The molecule has 22 heavy (non-hydrogen) atoms. The average molecular weight is 300 g/mol. The van der Waals surface area contributed by atoms with Crippen molar-refractivity contribution in [2.75, 3.05) is 0 Å². The Morgan fingerprint density at radius 1 is 1.27 bits per heavy atom. The van der Waals surface area contributed by atoms with Gasteiger partial charge >= 0.3 is 0 Å². The number of nitrogens with zero attached hydrogens (tertiary/aromatic N) is 3. The molecule has 1 N–H and O–H groups in total. The topological polar surface area (TPSA) is 80.9 Å². The first kappa shape index (κ1) is 14.7. The quantitative estimate of drug-likeness (QED) is 0.938. The molecule has 2 aromatic rings. The van der Waals surface area contributed by atoms with Crippen LogP contribution in [0.4, 0.5) is 0 Å². The summed E-state index contributed by atoms with van der Waals surface area (Å²) >= 11 is 0. The Kier molecular flexibility index (Phi) is 4.46. The van der Waals surface area contributed by atoms with E-state index in [4.69, 9.17) is 4.42 Å². The number of carbonyl (C=O) groups is 1. The molecule has 3 rings (SSSR count). The lowest BCUT2D eigenvalue weighted by molar-refractivity contribution is -0.126. The summed E-state index contributed by atoms with van der Waals surface area (Å²) in [7, 11) is 0. The molecule has 0 aliphatic heterocycles. The zero-order valence-electron chi connectivity index (χ0n) is 12.7. The van der Waals surface area contributed by atoms with Crippen LogP contribution in [0.15, 0.2) is 22.7 Å². The normalized spacial score (nSPS) is 15.7. The molecule has 1 aliphatic rings. The van der Waals surface area contributed by atoms with E-state index in [1.807, 2.05) is 19.1 Å². The van der Waals surface area contributed by atoms with E-state index in [1.54, 1.807) is 6.20 Å². The Hall–Kier alpha value is -2.24. The van der Waals surface area contributed by atoms with Crippen molar-refractivity contribution in [3.63, 3.8) is 0 Å². The zero-order chi connectivity index (χ0) is 15.4. The molecule has 0 bridgehead atoms. The van der Waals surface area contributed by atoms with Crippen molar-refractivity contribution in [1.29, 1.82) is 0 Å². The highest BCUT2D eigenvalue weighted by Gasteiger charge is 2.21. The van der Waals surface area contributed by atoms with E-state index in [9.17, 15) is 4.79 Å². The largest absolute Gasteiger partial charge is 0.419 e. The van der Waals surface area contributed by atoms with Crippen LogP contribution in [0.2, 0.25) is 0 Å². The first-order valence-corrected chi connectivity index (χ1v) is 7.75. The average Bonchev–Trinajstić information content (AvgIpc) is 3.03. The maximum absolute atomic E-state index is 12.1. The molecule has 116 valence electrons. The van der Waals surface area contributed by atoms with E-state index in [0.29, 0.717) is 11.8 Å². The number of aryl methyl sites for hydroxylation is 1. The Balaban J connectivity index is 1.57. The van der Waals surface area contributed by atoms with Gasteiger partial charge in [-0.1, -0.05) is 19.3 Å². The van der Waals surface area contributed by atoms with Crippen molar-refractivity contribution in [3.05, 3.63) is 29.9 Å². The molecule has 0 unspecified atom stereocenters. The van der Waals surface area contributed by atoms with Gasteiger partial charge in [0.1, 0.15) is 0 Å². The third kappa shape index (κ3) is 3.50. The SMILES string of the molecule is Cc1ccc(-c2nnc(CNC(=O)C3CCCCC3)o2)cn1. The number of nitrogens with one attached hydrogen (secondary N) is 1. The number of hydrogen-bond donors (Lipinski definition) is 1. The lowest BCUT2D eigenvalue weighted by Crippen LogP contribution is -2.31. The molecule has 1 saturated carbocycles. The van der Waals surface area contributed by atoms with Crippen LogP contribution in [0.25, 0.3) is 11.5 Å². The van der Waals surface area contributed by atoms with Crippen molar-refractivity contribution in [2.45, 2.75) is 45.6 Å². The number of amides is 1. The number of aromatic nitrogens is 3. The van der Waals surface area contributed by atoms with Gasteiger partial charge in [0.15, 0.2) is 0 Å². The Labute approximate surface area is 129 Å². The minimum Gasteiger partial charge on any atom is -0.419 e. The van der Waals surface area contributed by atoms with Crippen molar-refractivity contribution < 1.29 is 9.21 Å². The Bertz CT molecular complexity index is 630. The molecule has 6 heteroatoms. The Morgan fingerprint density at radius 2 is 2.09 bits per heavy atom. The number of pyridine rings is 1. The number of carbonyl (C=O) groups excluding carboxylic acids is 1. The predicted molar refractivity (Wildman–Crippen MR) is 80.7 cm³/mol. The second-order valence-electron chi connectivity index (χ2n) is 5.74. The maximum Gasteiger partial charge on any atom is 0.249 e. The van der Waals surface area contributed by atoms with Crippen LogP contribution in [0.5, 0.6) is 0 Å². The summed E-state index contributed by atoms with van der Waals surface area (Å²) in [5.74, 6) is 1.07. The molecule has 0 saturated heterocycles. The smallest absolute Gasteiger partial charge is 0.249 e. The van der Waals surface area contributed by atoms with Gasteiger partial charge in [0.05, 0.1) is 12.1 Å². The van der Waals surface area contributed by atoms with E-state index in [1.165, 1.54) is 6.42 Å². The van der Waals surface area contributed by atoms with E-state index in [-0.39, 0.29) is 18.4 Å². The maximum atomic E-state index is 12.1. The first-order valence-electron chi connectivity index (χ1n) is 7.75. The van der Waals surface area contributed by atoms with Crippen LogP contribution < -0.4 is 5.32 Å². The summed E-state index contributed by atoms with van der Waals surface area (Å²) in [4.78, 5) is 16.3. The van der Waals surface area contributed by atoms with Gasteiger partial charge in [0.25, 0.3) is 0 Å². The standard InChI is InChI=1S/C16H20N4O2/c1-11-7-8-13(9-17-11)16-20-19-14(22-16)10-18-15(21)12-5-3-2-4-6-12/h7-9,12H,2-6,10H2,1H3,(H,18,21). The summed E-state index contributed by atoms with van der Waals surface area (Å²) in [6.07, 6.45) is 7.19. The summed E-state index contributed by atoms with van der Waals surface area (Å²) in [6.45, 7) is 2.20. The van der Waals surface area contributed by atoms with Crippen LogP contribution in [-0.2, 0) is 11.3 Å². The summed E-state index contributed by atoms with van der Waals surface area (Å²) in [6, 6.07) is 3.78. The monoisotopic (exact) mass is 300 g/mol. The van der Waals surface area contributed by atoms with Gasteiger partial charge < -0.3 is 9.73 Å². The van der Waals surface area contributed by atoms with Gasteiger partial charge in [-0.25, -0.2) is 0 Å². The van der Waals surface area contributed by atoms with Gasteiger partial charge in [-0.3, -0.25) is 9.78 Å². The molecule has 0 aromatic carbocycles. The zero-order valence-corrected chi connectivity index (χ0v) is 12.7. The fourth-order valence-electron chi connectivity index (χ4n) is 2.71. The molecule has 6 nitrogen and oxygen atoms in total. The second kappa shape index (κ2) is 6.68. The lowest BCUT2D eigenvalue weighted by Gasteiger charge is -2.20. The molecular weight excluding hydrogens is 280 g/mol.